The van der Waals surface area contributed by atoms with Crippen molar-refractivity contribution in [1.29, 1.82) is 0 Å². The molecule has 2 atom stereocenters. The number of carbonyl (C=O) groups is 2. The SMILES string of the molecule is CC1(NC(=O)C2CSC(=O)N2)CCNC1. The van der Waals surface area contributed by atoms with Crippen LogP contribution in [0.4, 0.5) is 4.79 Å². The van der Waals surface area contributed by atoms with E-state index in [1.54, 1.807) is 0 Å². The van der Waals surface area contributed by atoms with E-state index in [2.05, 4.69) is 16.0 Å². The second-order valence-corrected chi connectivity index (χ2v) is 5.26. The molecule has 0 radical (unpaired) electrons. The quantitative estimate of drug-likeness (QED) is 0.607. The zero-order valence-corrected chi connectivity index (χ0v) is 9.45. The Labute approximate surface area is 92.7 Å². The third-order valence-corrected chi connectivity index (χ3v) is 3.66. The van der Waals surface area contributed by atoms with E-state index in [4.69, 9.17) is 0 Å². The first-order valence-corrected chi connectivity index (χ1v) is 6.04. The number of amides is 2. The van der Waals surface area contributed by atoms with E-state index in [0.717, 1.165) is 31.3 Å². The maximum atomic E-state index is 11.8. The number of nitrogens with one attached hydrogen (secondary N) is 3. The van der Waals surface area contributed by atoms with Crippen molar-refractivity contribution in [2.45, 2.75) is 24.9 Å². The van der Waals surface area contributed by atoms with Crippen LogP contribution in [0.25, 0.3) is 0 Å². The standard InChI is InChI=1S/C9H15N3O2S/c1-9(2-3-10-5-9)12-7(13)6-4-15-8(14)11-6/h6,10H,2-5H2,1H3,(H,11,14)(H,12,13). The number of hydrogen-bond acceptors (Lipinski definition) is 4. The second-order valence-electron chi connectivity index (χ2n) is 4.27. The number of thioether (sulfide) groups is 1. The summed E-state index contributed by atoms with van der Waals surface area (Å²) in [5.41, 5.74) is -0.158. The van der Waals surface area contributed by atoms with Crippen LogP contribution in [-0.4, -0.2) is 41.6 Å². The predicted octanol–water partition coefficient (Wildman–Crippen LogP) is -0.320. The summed E-state index contributed by atoms with van der Waals surface area (Å²) in [5, 5.41) is 8.73. The fourth-order valence-electron chi connectivity index (χ4n) is 1.83. The Hall–Kier alpha value is -0.750. The summed E-state index contributed by atoms with van der Waals surface area (Å²) in [7, 11) is 0. The molecule has 2 aliphatic heterocycles. The third-order valence-electron chi connectivity index (χ3n) is 2.78. The summed E-state index contributed by atoms with van der Waals surface area (Å²) in [4.78, 5) is 22.7. The van der Waals surface area contributed by atoms with E-state index >= 15 is 0 Å². The molecule has 2 amide bonds. The first-order valence-electron chi connectivity index (χ1n) is 5.05. The summed E-state index contributed by atoms with van der Waals surface area (Å²) < 4.78 is 0. The highest BCUT2D eigenvalue weighted by Crippen LogP contribution is 2.16. The third kappa shape index (κ3) is 2.43. The zero-order chi connectivity index (χ0) is 10.9. The molecule has 15 heavy (non-hydrogen) atoms. The summed E-state index contributed by atoms with van der Waals surface area (Å²) in [6.07, 6.45) is 0.937. The fraction of sp³-hybridized carbons (Fsp3) is 0.778. The lowest BCUT2D eigenvalue weighted by Crippen LogP contribution is -2.53. The molecule has 0 spiro atoms. The largest absolute Gasteiger partial charge is 0.348 e. The van der Waals surface area contributed by atoms with E-state index in [9.17, 15) is 9.59 Å². The average molecular weight is 229 g/mol. The lowest BCUT2D eigenvalue weighted by atomic mass is 10.0. The molecule has 2 aliphatic rings. The minimum absolute atomic E-state index is 0.0699. The van der Waals surface area contributed by atoms with Crippen LogP contribution < -0.4 is 16.0 Å². The number of rotatable bonds is 2. The fourth-order valence-corrected chi connectivity index (χ4v) is 2.61. The Balaban J connectivity index is 1.89. The molecule has 84 valence electrons. The van der Waals surface area contributed by atoms with Gasteiger partial charge in [0.2, 0.25) is 5.91 Å². The van der Waals surface area contributed by atoms with Gasteiger partial charge in [-0.3, -0.25) is 9.59 Å². The Morgan fingerprint density at radius 3 is 3.00 bits per heavy atom. The molecular weight excluding hydrogens is 214 g/mol. The molecule has 2 rings (SSSR count). The normalized spacial score (nSPS) is 35.3. The second kappa shape index (κ2) is 4.02. The molecule has 2 unspecified atom stereocenters. The smallest absolute Gasteiger partial charge is 0.279 e. The van der Waals surface area contributed by atoms with Crippen molar-refractivity contribution in [2.75, 3.05) is 18.8 Å². The summed E-state index contributed by atoms with van der Waals surface area (Å²) in [6.45, 7) is 3.75. The van der Waals surface area contributed by atoms with Crippen molar-refractivity contribution in [3.05, 3.63) is 0 Å². The topological polar surface area (TPSA) is 70.2 Å². The molecule has 2 saturated heterocycles. The Kier molecular flexibility index (Phi) is 2.88. The molecule has 0 bridgehead atoms. The minimum atomic E-state index is -0.361. The van der Waals surface area contributed by atoms with Crippen LogP contribution in [0.2, 0.25) is 0 Å². The molecule has 0 aromatic heterocycles. The van der Waals surface area contributed by atoms with E-state index in [1.165, 1.54) is 0 Å². The molecule has 3 N–H and O–H groups in total. The van der Waals surface area contributed by atoms with Crippen LogP contribution in [0.1, 0.15) is 13.3 Å². The maximum Gasteiger partial charge on any atom is 0.279 e. The van der Waals surface area contributed by atoms with Gasteiger partial charge < -0.3 is 16.0 Å². The van der Waals surface area contributed by atoms with Crippen LogP contribution in [0.15, 0.2) is 0 Å². The van der Waals surface area contributed by atoms with Gasteiger partial charge in [0.1, 0.15) is 6.04 Å². The highest BCUT2D eigenvalue weighted by Gasteiger charge is 2.35. The molecule has 0 saturated carbocycles. The van der Waals surface area contributed by atoms with E-state index in [1.807, 2.05) is 6.92 Å². The van der Waals surface area contributed by atoms with Crippen molar-refractivity contribution < 1.29 is 9.59 Å². The maximum absolute atomic E-state index is 11.8. The predicted molar refractivity (Wildman–Crippen MR) is 58.8 cm³/mol. The highest BCUT2D eigenvalue weighted by molar-refractivity contribution is 8.14. The Bertz CT molecular complexity index is 289. The van der Waals surface area contributed by atoms with E-state index in [0.29, 0.717) is 5.75 Å². The van der Waals surface area contributed by atoms with Crippen LogP contribution in [-0.2, 0) is 4.79 Å². The number of carbonyl (C=O) groups excluding carboxylic acids is 2. The van der Waals surface area contributed by atoms with Gasteiger partial charge in [-0.05, 0) is 19.9 Å². The van der Waals surface area contributed by atoms with Gasteiger partial charge in [0.05, 0.1) is 5.54 Å². The Morgan fingerprint density at radius 1 is 1.67 bits per heavy atom. The molecular formula is C9H15N3O2S. The van der Waals surface area contributed by atoms with Crippen LogP contribution in [0, 0.1) is 0 Å². The molecule has 0 aromatic carbocycles. The lowest BCUT2D eigenvalue weighted by Gasteiger charge is -2.26. The Morgan fingerprint density at radius 2 is 2.47 bits per heavy atom. The molecule has 0 aliphatic carbocycles. The summed E-state index contributed by atoms with van der Waals surface area (Å²) in [5.74, 6) is 0.466. The van der Waals surface area contributed by atoms with Gasteiger partial charge in [0.25, 0.3) is 5.24 Å². The zero-order valence-electron chi connectivity index (χ0n) is 8.63. The van der Waals surface area contributed by atoms with Crippen LogP contribution in [0.3, 0.4) is 0 Å². The van der Waals surface area contributed by atoms with Gasteiger partial charge in [-0.25, -0.2) is 0 Å². The van der Waals surface area contributed by atoms with Gasteiger partial charge in [-0.15, -0.1) is 0 Å². The van der Waals surface area contributed by atoms with Gasteiger partial charge in [-0.1, -0.05) is 11.8 Å². The van der Waals surface area contributed by atoms with Gasteiger partial charge in [-0.2, -0.15) is 0 Å². The molecule has 5 nitrogen and oxygen atoms in total. The number of hydrogen-bond donors (Lipinski definition) is 3. The first-order chi connectivity index (χ1) is 7.09. The van der Waals surface area contributed by atoms with E-state index in [-0.39, 0.29) is 22.7 Å². The van der Waals surface area contributed by atoms with Crippen molar-refractivity contribution in [3.63, 3.8) is 0 Å². The summed E-state index contributed by atoms with van der Waals surface area (Å²) >= 11 is 1.16. The van der Waals surface area contributed by atoms with Crippen LogP contribution in [0.5, 0.6) is 0 Å². The average Bonchev–Trinajstić information content (AvgIpc) is 2.75. The first kappa shape index (κ1) is 10.8. The highest BCUT2D eigenvalue weighted by atomic mass is 32.2. The van der Waals surface area contributed by atoms with E-state index < -0.39 is 0 Å². The molecule has 0 aromatic rings. The molecule has 2 fully saturated rings. The minimum Gasteiger partial charge on any atom is -0.348 e. The molecule has 2 heterocycles. The summed E-state index contributed by atoms with van der Waals surface area (Å²) in [6, 6.07) is -0.361. The van der Waals surface area contributed by atoms with Gasteiger partial charge >= 0.3 is 0 Å². The van der Waals surface area contributed by atoms with Crippen molar-refractivity contribution >= 4 is 22.9 Å². The van der Waals surface area contributed by atoms with Crippen molar-refractivity contribution in [2.24, 2.45) is 0 Å². The van der Waals surface area contributed by atoms with Gasteiger partial charge in [0.15, 0.2) is 0 Å². The van der Waals surface area contributed by atoms with Gasteiger partial charge in [0, 0.05) is 12.3 Å². The molecule has 6 heteroatoms. The lowest BCUT2D eigenvalue weighted by molar-refractivity contribution is -0.123. The van der Waals surface area contributed by atoms with Crippen LogP contribution >= 0.6 is 11.8 Å². The monoisotopic (exact) mass is 229 g/mol. The van der Waals surface area contributed by atoms with Crippen molar-refractivity contribution in [1.82, 2.24) is 16.0 Å². The van der Waals surface area contributed by atoms with Crippen molar-refractivity contribution in [3.8, 4) is 0 Å².